The van der Waals surface area contributed by atoms with Gasteiger partial charge in [0.25, 0.3) is 0 Å². The Kier molecular flexibility index (Phi) is 3.80. The number of primary amides is 1. The summed E-state index contributed by atoms with van der Waals surface area (Å²) in [7, 11) is 0. The summed E-state index contributed by atoms with van der Waals surface area (Å²) in [6, 6.07) is 3.26. The lowest BCUT2D eigenvalue weighted by Crippen LogP contribution is -2.39. The number of carbonyl (C=O) groups excluding carboxylic acids is 1. The van der Waals surface area contributed by atoms with Crippen LogP contribution in [0.3, 0.4) is 0 Å². The minimum Gasteiger partial charge on any atom is -0.478 e. The molecular weight excluding hydrogens is 251 g/mol. The van der Waals surface area contributed by atoms with Crippen molar-refractivity contribution in [2.45, 2.75) is 25.4 Å². The molecule has 5 nitrogen and oxygen atoms in total. The molecule has 0 aromatic heterocycles. The highest BCUT2D eigenvalue weighted by Gasteiger charge is 2.29. The molecule has 1 heterocycles. The van der Waals surface area contributed by atoms with Crippen molar-refractivity contribution in [2.24, 2.45) is 5.73 Å². The van der Waals surface area contributed by atoms with E-state index in [-0.39, 0.29) is 17.7 Å². The van der Waals surface area contributed by atoms with Crippen LogP contribution in [-0.2, 0) is 11.3 Å². The predicted octanol–water partition coefficient (Wildman–Crippen LogP) is 0.974. The third kappa shape index (κ3) is 2.90. The predicted molar refractivity (Wildman–Crippen MR) is 66.0 cm³/mol. The van der Waals surface area contributed by atoms with Gasteiger partial charge in [0.1, 0.15) is 5.82 Å². The lowest BCUT2D eigenvalue weighted by molar-refractivity contribution is -0.122. The Bertz CT molecular complexity index is 519. The fraction of sp³-hybridized carbons (Fsp3) is 0.385. The SMILES string of the molecule is NC(=O)C1CCCN1Cc1cc(C(=O)O)ccc1F. The van der Waals surface area contributed by atoms with Gasteiger partial charge in [-0.25, -0.2) is 9.18 Å². The summed E-state index contributed by atoms with van der Waals surface area (Å²) in [6.07, 6.45) is 1.49. The second-order valence-electron chi connectivity index (χ2n) is 4.64. The van der Waals surface area contributed by atoms with E-state index in [2.05, 4.69) is 0 Å². The molecule has 3 N–H and O–H groups in total. The highest BCUT2D eigenvalue weighted by Crippen LogP contribution is 2.21. The van der Waals surface area contributed by atoms with E-state index in [1.54, 1.807) is 4.90 Å². The van der Waals surface area contributed by atoms with E-state index in [1.165, 1.54) is 12.1 Å². The molecule has 102 valence electrons. The molecule has 6 heteroatoms. The summed E-state index contributed by atoms with van der Waals surface area (Å²) < 4.78 is 13.7. The quantitative estimate of drug-likeness (QED) is 0.850. The first-order valence-corrected chi connectivity index (χ1v) is 6.04. The number of benzene rings is 1. The number of hydrogen-bond donors (Lipinski definition) is 2. The first-order valence-electron chi connectivity index (χ1n) is 6.04. The number of likely N-dealkylation sites (tertiary alicyclic amines) is 1. The Morgan fingerprint density at radius 2 is 2.21 bits per heavy atom. The molecule has 1 fully saturated rings. The van der Waals surface area contributed by atoms with Crippen LogP contribution in [0.2, 0.25) is 0 Å². The van der Waals surface area contributed by atoms with Crippen LogP contribution < -0.4 is 5.73 Å². The maximum Gasteiger partial charge on any atom is 0.335 e. The van der Waals surface area contributed by atoms with Crippen LogP contribution in [-0.4, -0.2) is 34.5 Å². The van der Waals surface area contributed by atoms with Crippen LogP contribution >= 0.6 is 0 Å². The molecular formula is C13H15FN2O3. The zero-order valence-electron chi connectivity index (χ0n) is 10.3. The number of hydrogen-bond acceptors (Lipinski definition) is 3. The Labute approximate surface area is 109 Å². The molecule has 0 aliphatic carbocycles. The normalized spacial score (nSPS) is 19.5. The number of halogens is 1. The van der Waals surface area contributed by atoms with Crippen molar-refractivity contribution in [1.29, 1.82) is 0 Å². The van der Waals surface area contributed by atoms with Crippen LogP contribution in [0.1, 0.15) is 28.8 Å². The Morgan fingerprint density at radius 3 is 2.84 bits per heavy atom. The molecule has 1 saturated heterocycles. The Morgan fingerprint density at radius 1 is 1.47 bits per heavy atom. The molecule has 0 saturated carbocycles. The monoisotopic (exact) mass is 266 g/mol. The molecule has 19 heavy (non-hydrogen) atoms. The van der Waals surface area contributed by atoms with E-state index in [4.69, 9.17) is 10.8 Å². The summed E-state index contributed by atoms with van der Waals surface area (Å²) in [5.74, 6) is -2.00. The zero-order chi connectivity index (χ0) is 14.0. The maximum atomic E-state index is 13.7. The van der Waals surface area contributed by atoms with Gasteiger partial charge in [-0.1, -0.05) is 0 Å². The summed E-state index contributed by atoms with van der Waals surface area (Å²) in [5.41, 5.74) is 5.59. The van der Waals surface area contributed by atoms with E-state index >= 15 is 0 Å². The third-order valence-electron chi connectivity index (χ3n) is 3.36. The lowest BCUT2D eigenvalue weighted by Gasteiger charge is -2.22. The first kappa shape index (κ1) is 13.5. The van der Waals surface area contributed by atoms with Crippen molar-refractivity contribution in [2.75, 3.05) is 6.54 Å². The van der Waals surface area contributed by atoms with Crippen LogP contribution in [0.25, 0.3) is 0 Å². The van der Waals surface area contributed by atoms with Gasteiger partial charge in [-0.2, -0.15) is 0 Å². The van der Waals surface area contributed by atoms with E-state index in [9.17, 15) is 14.0 Å². The minimum absolute atomic E-state index is 0.0335. The van der Waals surface area contributed by atoms with Gasteiger partial charge in [0.2, 0.25) is 5.91 Å². The van der Waals surface area contributed by atoms with Crippen molar-refractivity contribution in [1.82, 2.24) is 4.90 Å². The van der Waals surface area contributed by atoms with Crippen LogP contribution in [0, 0.1) is 5.82 Å². The highest BCUT2D eigenvalue weighted by molar-refractivity contribution is 5.87. The largest absolute Gasteiger partial charge is 0.478 e. The molecule has 1 aliphatic heterocycles. The number of rotatable bonds is 4. The van der Waals surface area contributed by atoms with Crippen LogP contribution in [0.15, 0.2) is 18.2 Å². The van der Waals surface area contributed by atoms with Gasteiger partial charge in [-0.15, -0.1) is 0 Å². The molecule has 1 unspecified atom stereocenters. The number of carboxylic acid groups (broad SMARTS) is 1. The smallest absolute Gasteiger partial charge is 0.335 e. The maximum absolute atomic E-state index is 13.7. The molecule has 0 radical (unpaired) electrons. The molecule has 1 atom stereocenters. The average molecular weight is 266 g/mol. The second kappa shape index (κ2) is 5.36. The number of carboxylic acids is 1. The van der Waals surface area contributed by atoms with Crippen molar-refractivity contribution in [3.8, 4) is 0 Å². The Hall–Kier alpha value is -1.95. The zero-order valence-corrected chi connectivity index (χ0v) is 10.3. The van der Waals surface area contributed by atoms with Crippen molar-refractivity contribution in [3.05, 3.63) is 35.1 Å². The summed E-state index contributed by atoms with van der Waals surface area (Å²) in [4.78, 5) is 23.9. The fourth-order valence-corrected chi connectivity index (χ4v) is 2.39. The Balaban J connectivity index is 2.20. The summed E-state index contributed by atoms with van der Waals surface area (Å²) in [6.45, 7) is 0.852. The lowest BCUT2D eigenvalue weighted by atomic mass is 10.1. The van der Waals surface area contributed by atoms with E-state index in [1.807, 2.05) is 0 Å². The molecule has 0 spiro atoms. The number of aromatic carboxylic acids is 1. The number of amides is 1. The van der Waals surface area contributed by atoms with E-state index in [0.29, 0.717) is 13.0 Å². The number of nitrogens with zero attached hydrogens (tertiary/aromatic N) is 1. The van der Waals surface area contributed by atoms with Gasteiger partial charge in [0, 0.05) is 12.1 Å². The van der Waals surface area contributed by atoms with Crippen LogP contribution in [0.5, 0.6) is 0 Å². The van der Waals surface area contributed by atoms with E-state index in [0.717, 1.165) is 12.5 Å². The van der Waals surface area contributed by atoms with Gasteiger partial charge >= 0.3 is 5.97 Å². The fourth-order valence-electron chi connectivity index (χ4n) is 2.39. The number of carbonyl (C=O) groups is 2. The van der Waals surface area contributed by atoms with Crippen molar-refractivity contribution < 1.29 is 19.1 Å². The molecule has 2 rings (SSSR count). The van der Waals surface area contributed by atoms with Gasteiger partial charge in [-0.05, 0) is 37.6 Å². The summed E-state index contributed by atoms with van der Waals surface area (Å²) in [5, 5.41) is 8.89. The average Bonchev–Trinajstić information content (AvgIpc) is 2.80. The standard InChI is InChI=1S/C13H15FN2O3/c14-10-4-3-8(13(18)19)6-9(10)7-16-5-1-2-11(16)12(15)17/h3-4,6,11H,1-2,5,7H2,(H2,15,17)(H,18,19). The molecule has 1 aromatic rings. The minimum atomic E-state index is -1.10. The molecule has 1 amide bonds. The second-order valence-corrected chi connectivity index (χ2v) is 4.64. The van der Waals surface area contributed by atoms with E-state index < -0.39 is 23.7 Å². The molecule has 1 aliphatic rings. The molecule has 1 aromatic carbocycles. The highest BCUT2D eigenvalue weighted by atomic mass is 19.1. The van der Waals surface area contributed by atoms with Gasteiger partial charge in [0.15, 0.2) is 0 Å². The first-order chi connectivity index (χ1) is 8.99. The third-order valence-corrected chi connectivity index (χ3v) is 3.36. The van der Waals surface area contributed by atoms with Crippen LogP contribution in [0.4, 0.5) is 4.39 Å². The molecule has 0 bridgehead atoms. The number of nitrogens with two attached hydrogens (primary N) is 1. The summed E-state index contributed by atoms with van der Waals surface area (Å²) >= 11 is 0. The van der Waals surface area contributed by atoms with Gasteiger partial charge in [-0.3, -0.25) is 9.69 Å². The van der Waals surface area contributed by atoms with Gasteiger partial charge in [0.05, 0.1) is 11.6 Å². The topological polar surface area (TPSA) is 83.6 Å². The van der Waals surface area contributed by atoms with Crippen molar-refractivity contribution in [3.63, 3.8) is 0 Å². The van der Waals surface area contributed by atoms with Crippen molar-refractivity contribution >= 4 is 11.9 Å². The van der Waals surface area contributed by atoms with Gasteiger partial charge < -0.3 is 10.8 Å².